The lowest BCUT2D eigenvalue weighted by Crippen LogP contribution is -1.96. The first kappa shape index (κ1) is 34.3. The van der Waals surface area contributed by atoms with Crippen LogP contribution in [0.5, 0.6) is 0 Å². The maximum Gasteiger partial charge on any atom is 0.0804 e. The van der Waals surface area contributed by atoms with Gasteiger partial charge in [-0.15, -0.1) is 0 Å². The minimum Gasteiger partial charge on any atom is -0.306 e. The summed E-state index contributed by atoms with van der Waals surface area (Å²) in [6.07, 6.45) is 18.3. The Bertz CT molecular complexity index is 2250. The summed E-state index contributed by atoms with van der Waals surface area (Å²) in [4.78, 5) is 0. The zero-order valence-corrected chi connectivity index (χ0v) is 31.3. The zero-order chi connectivity index (χ0) is 35.3. The van der Waals surface area contributed by atoms with Crippen molar-refractivity contribution in [3.8, 4) is 11.4 Å². The maximum absolute atomic E-state index is 2.57. The number of benzene rings is 6. The Balaban J connectivity index is 1.28. The lowest BCUT2D eigenvalue weighted by atomic mass is 10.0. The van der Waals surface area contributed by atoms with Gasteiger partial charge in [0.2, 0.25) is 0 Å². The van der Waals surface area contributed by atoms with Crippen LogP contribution in [-0.4, -0.2) is 9.13 Å². The van der Waals surface area contributed by atoms with Crippen molar-refractivity contribution in [1.29, 1.82) is 0 Å². The number of fused-ring (bicyclic) bond motifs is 9. The van der Waals surface area contributed by atoms with Gasteiger partial charge in [0, 0.05) is 32.9 Å². The van der Waals surface area contributed by atoms with Crippen molar-refractivity contribution >= 4 is 54.4 Å². The molecule has 0 radical (unpaired) electrons. The summed E-state index contributed by atoms with van der Waals surface area (Å²) in [6, 6.07) is 46.2. The third-order valence-corrected chi connectivity index (χ3v) is 11.5. The van der Waals surface area contributed by atoms with Crippen LogP contribution in [0.1, 0.15) is 102 Å². The molecular weight excluding hydrogens is 629 g/mol. The lowest BCUT2D eigenvalue weighted by Gasteiger charge is -2.13. The molecule has 0 amide bonds. The number of hydrogen-bond donors (Lipinski definition) is 0. The number of aromatic nitrogens is 2. The highest BCUT2D eigenvalue weighted by Crippen LogP contribution is 2.44. The summed E-state index contributed by atoms with van der Waals surface area (Å²) in [6.45, 7) is 4.58. The van der Waals surface area contributed by atoms with Crippen molar-refractivity contribution in [3.05, 3.63) is 132 Å². The summed E-state index contributed by atoms with van der Waals surface area (Å²) >= 11 is 0. The fourth-order valence-corrected chi connectivity index (χ4v) is 8.66. The predicted molar refractivity (Wildman–Crippen MR) is 227 cm³/mol. The van der Waals surface area contributed by atoms with Gasteiger partial charge < -0.3 is 9.13 Å². The van der Waals surface area contributed by atoms with Gasteiger partial charge in [0.05, 0.1) is 22.1 Å². The normalized spacial score (nSPS) is 12.0. The Kier molecular flexibility index (Phi) is 10.4. The fourth-order valence-electron chi connectivity index (χ4n) is 8.66. The summed E-state index contributed by atoms with van der Waals surface area (Å²) in [5.41, 5.74) is 10.5. The molecule has 0 aliphatic heterocycles. The van der Waals surface area contributed by atoms with Crippen LogP contribution >= 0.6 is 0 Å². The van der Waals surface area contributed by atoms with E-state index < -0.39 is 0 Å². The van der Waals surface area contributed by atoms with Crippen molar-refractivity contribution in [2.24, 2.45) is 0 Å². The van der Waals surface area contributed by atoms with Crippen LogP contribution in [0.15, 0.2) is 121 Å². The van der Waals surface area contributed by atoms with Crippen LogP contribution in [0.4, 0.5) is 0 Å². The highest BCUT2D eigenvalue weighted by atomic mass is 15.1. The summed E-state index contributed by atoms with van der Waals surface area (Å²) in [7, 11) is 0. The average molecular weight is 683 g/mol. The van der Waals surface area contributed by atoms with Gasteiger partial charge in [0.1, 0.15) is 0 Å². The van der Waals surface area contributed by atoms with Gasteiger partial charge in [-0.3, -0.25) is 0 Å². The molecule has 2 heterocycles. The minimum absolute atomic E-state index is 1.15. The second kappa shape index (κ2) is 15.8. The van der Waals surface area contributed by atoms with Gasteiger partial charge in [-0.1, -0.05) is 175 Å². The van der Waals surface area contributed by atoms with E-state index in [1.54, 1.807) is 0 Å². The standard InChI is InChI=1S/C50H54N2/c1-3-5-7-9-11-13-19-37-25-31-41(32-26-37)51-47-43-23-17-15-21-39(43)29-35-45(47)50-49(51)46-36-30-40-22-16-18-24-44(40)48(46)52(50)42-33-27-38(28-34-42)20-14-12-10-8-6-4-2/h15-18,21-36H,3-14,19-20H2,1-2H3. The lowest BCUT2D eigenvalue weighted by molar-refractivity contribution is 0.607. The van der Waals surface area contributed by atoms with Crippen molar-refractivity contribution in [2.75, 3.05) is 0 Å². The van der Waals surface area contributed by atoms with Crippen molar-refractivity contribution in [1.82, 2.24) is 9.13 Å². The second-order valence-electron chi connectivity index (χ2n) is 15.1. The number of nitrogens with zero attached hydrogens (tertiary/aromatic N) is 2. The molecule has 0 spiro atoms. The third kappa shape index (κ3) is 6.65. The molecule has 2 aromatic heterocycles. The second-order valence-corrected chi connectivity index (χ2v) is 15.1. The van der Waals surface area contributed by atoms with Crippen LogP contribution in [0.3, 0.4) is 0 Å². The Morgan fingerprint density at radius 1 is 0.327 bits per heavy atom. The first-order chi connectivity index (χ1) is 25.8. The fraction of sp³-hybridized carbons (Fsp3) is 0.320. The van der Waals surface area contributed by atoms with Gasteiger partial charge in [0.25, 0.3) is 0 Å². The quantitative estimate of drug-likeness (QED) is 0.0898. The smallest absolute Gasteiger partial charge is 0.0804 e. The molecule has 0 bridgehead atoms. The van der Waals surface area contributed by atoms with Crippen molar-refractivity contribution in [3.63, 3.8) is 0 Å². The summed E-state index contributed by atoms with van der Waals surface area (Å²) in [5.74, 6) is 0. The van der Waals surface area contributed by atoms with E-state index >= 15 is 0 Å². The van der Waals surface area contributed by atoms with Gasteiger partial charge in [0.15, 0.2) is 0 Å². The molecule has 8 rings (SSSR count). The minimum atomic E-state index is 1.15. The van der Waals surface area contributed by atoms with Crippen molar-refractivity contribution < 1.29 is 0 Å². The van der Waals surface area contributed by atoms with Crippen LogP contribution in [0.2, 0.25) is 0 Å². The van der Waals surface area contributed by atoms with Gasteiger partial charge in [-0.05, 0) is 71.8 Å². The van der Waals surface area contributed by atoms with E-state index in [0.29, 0.717) is 0 Å². The Morgan fingerprint density at radius 3 is 1.13 bits per heavy atom. The van der Waals surface area contributed by atoms with Crippen LogP contribution in [0, 0.1) is 0 Å². The molecule has 0 aliphatic rings. The number of hydrogen-bond acceptors (Lipinski definition) is 0. The van der Waals surface area contributed by atoms with Crippen molar-refractivity contribution in [2.45, 2.75) is 104 Å². The molecule has 8 aromatic rings. The van der Waals surface area contributed by atoms with E-state index in [4.69, 9.17) is 0 Å². The molecule has 0 saturated heterocycles. The summed E-state index contributed by atoms with van der Waals surface area (Å²) < 4.78 is 5.14. The predicted octanol–water partition coefficient (Wildman–Crippen LogP) is 14.8. The maximum atomic E-state index is 2.57. The molecule has 0 aliphatic carbocycles. The molecule has 0 saturated carbocycles. The van der Waals surface area contributed by atoms with Crippen LogP contribution in [0.25, 0.3) is 65.8 Å². The van der Waals surface area contributed by atoms with E-state index in [9.17, 15) is 0 Å². The molecule has 0 unspecified atom stereocenters. The topological polar surface area (TPSA) is 9.86 Å². The molecule has 6 aromatic carbocycles. The highest BCUT2D eigenvalue weighted by molar-refractivity contribution is 6.27. The molecule has 0 N–H and O–H groups in total. The number of aryl methyl sites for hydroxylation is 2. The van der Waals surface area contributed by atoms with E-state index in [2.05, 4.69) is 144 Å². The van der Waals surface area contributed by atoms with Gasteiger partial charge in [-0.2, -0.15) is 0 Å². The van der Waals surface area contributed by atoms with Gasteiger partial charge in [-0.25, -0.2) is 0 Å². The molecule has 2 nitrogen and oxygen atoms in total. The largest absolute Gasteiger partial charge is 0.306 e. The Labute approximate surface area is 310 Å². The molecule has 0 fully saturated rings. The van der Waals surface area contributed by atoms with E-state index in [0.717, 1.165) is 12.8 Å². The third-order valence-electron chi connectivity index (χ3n) is 11.5. The van der Waals surface area contributed by atoms with Crippen LogP contribution < -0.4 is 0 Å². The van der Waals surface area contributed by atoms with E-state index in [-0.39, 0.29) is 0 Å². The summed E-state index contributed by atoms with van der Waals surface area (Å²) in [5, 5.41) is 7.72. The Morgan fingerprint density at radius 2 is 0.712 bits per heavy atom. The molecule has 264 valence electrons. The highest BCUT2D eigenvalue weighted by Gasteiger charge is 2.24. The molecule has 0 atom stereocenters. The molecule has 2 heteroatoms. The SMILES string of the molecule is CCCCCCCCc1ccc(-n2c3c4ccccc4ccc3c3c2c2ccc4ccccc4c2n3-c2ccc(CCCCCCCC)cc2)cc1. The number of rotatable bonds is 16. The van der Waals surface area contributed by atoms with Gasteiger partial charge >= 0.3 is 0 Å². The molecule has 52 heavy (non-hydrogen) atoms. The first-order valence-corrected chi connectivity index (χ1v) is 20.3. The average Bonchev–Trinajstić information content (AvgIpc) is 3.71. The number of unbranched alkanes of at least 4 members (excludes halogenated alkanes) is 10. The monoisotopic (exact) mass is 682 g/mol. The van der Waals surface area contributed by atoms with Crippen LogP contribution in [-0.2, 0) is 12.8 Å². The van der Waals surface area contributed by atoms with E-state index in [1.165, 1.54) is 154 Å². The molecular formula is C50H54N2. The zero-order valence-electron chi connectivity index (χ0n) is 31.3. The first-order valence-electron chi connectivity index (χ1n) is 20.3. The Hall–Kier alpha value is -4.82. The van der Waals surface area contributed by atoms with E-state index in [1.807, 2.05) is 0 Å².